The van der Waals surface area contributed by atoms with Gasteiger partial charge in [0.25, 0.3) is 0 Å². The molecule has 0 spiro atoms. The van der Waals surface area contributed by atoms with Gasteiger partial charge in [0.15, 0.2) is 0 Å². The van der Waals surface area contributed by atoms with Crippen molar-refractivity contribution in [1.82, 2.24) is 0 Å². The van der Waals surface area contributed by atoms with Crippen molar-refractivity contribution in [2.24, 2.45) is 0 Å². The zero-order valence-corrected chi connectivity index (χ0v) is 13.8. The minimum Gasteiger partial charge on any atom is -0.508 e. The molecule has 0 saturated heterocycles. The molecule has 0 bridgehead atoms. The van der Waals surface area contributed by atoms with Crippen LogP contribution in [0.25, 0.3) is 0 Å². The number of phosphoric acid groups is 1. The molecule has 2 aromatic carbocycles. The number of phenols is 3. The average molecular weight is 354 g/mol. The largest absolute Gasteiger partial charge is 0.524 e. The normalized spacial score (nSPS) is 12.8. The van der Waals surface area contributed by atoms with Crippen LogP contribution in [0, 0.1) is 0 Å². The summed E-state index contributed by atoms with van der Waals surface area (Å²) in [6.07, 6.45) is 1.23. The van der Waals surface area contributed by atoms with E-state index < -0.39 is 13.7 Å². The molecule has 0 amide bonds. The van der Waals surface area contributed by atoms with Crippen LogP contribution in [0.3, 0.4) is 0 Å². The molecule has 1 unspecified atom stereocenters. The molecule has 0 radical (unpaired) electrons. The third-order valence-corrected chi connectivity index (χ3v) is 3.96. The second-order valence-corrected chi connectivity index (χ2v) is 6.56. The van der Waals surface area contributed by atoms with Gasteiger partial charge in [-0.3, -0.25) is 9.79 Å². The highest BCUT2D eigenvalue weighted by Gasteiger charge is 2.27. The second-order valence-electron chi connectivity index (χ2n) is 5.39. The van der Waals surface area contributed by atoms with E-state index in [1.807, 2.05) is 6.92 Å². The topological polar surface area (TPSA) is 127 Å². The lowest BCUT2D eigenvalue weighted by molar-refractivity contribution is 0.280. The van der Waals surface area contributed by atoms with Gasteiger partial charge in [0.2, 0.25) is 0 Å². The van der Waals surface area contributed by atoms with Crippen LogP contribution >= 0.6 is 7.82 Å². The Hall–Kier alpha value is -2.21. The first kappa shape index (κ1) is 18.1. The Kier molecular flexibility index (Phi) is 5.39. The summed E-state index contributed by atoms with van der Waals surface area (Å²) in [4.78, 5) is 18.2. The minimum absolute atomic E-state index is 0.0318. The molecule has 0 heterocycles. The molecule has 24 heavy (non-hydrogen) atoms. The fourth-order valence-electron chi connectivity index (χ4n) is 2.66. The van der Waals surface area contributed by atoms with Crippen LogP contribution in [0.15, 0.2) is 36.4 Å². The number of benzene rings is 2. The Morgan fingerprint density at radius 2 is 1.79 bits per heavy atom. The van der Waals surface area contributed by atoms with E-state index in [1.54, 1.807) is 12.1 Å². The maximum Gasteiger partial charge on any atom is 0.524 e. The summed E-state index contributed by atoms with van der Waals surface area (Å²) >= 11 is 0. The van der Waals surface area contributed by atoms with Crippen molar-refractivity contribution in [3.63, 3.8) is 0 Å². The van der Waals surface area contributed by atoms with Crippen LogP contribution in [-0.4, -0.2) is 25.1 Å². The third kappa shape index (κ3) is 4.41. The molecule has 0 aromatic heterocycles. The Balaban J connectivity index is 2.63. The summed E-state index contributed by atoms with van der Waals surface area (Å²) < 4.78 is 15.9. The molecule has 130 valence electrons. The zero-order chi connectivity index (χ0) is 17.9. The Morgan fingerprint density at radius 3 is 2.38 bits per heavy atom. The van der Waals surface area contributed by atoms with Crippen molar-refractivity contribution in [1.29, 1.82) is 0 Å². The van der Waals surface area contributed by atoms with Gasteiger partial charge < -0.3 is 19.8 Å². The van der Waals surface area contributed by atoms with Crippen LogP contribution in [-0.2, 0) is 4.57 Å². The fourth-order valence-corrected chi connectivity index (χ4v) is 3.07. The molecule has 8 heteroatoms. The lowest BCUT2D eigenvalue weighted by Gasteiger charge is -2.22. The van der Waals surface area contributed by atoms with Gasteiger partial charge in [0.1, 0.15) is 23.0 Å². The molecule has 2 aromatic rings. The van der Waals surface area contributed by atoms with Crippen molar-refractivity contribution < 1.29 is 34.2 Å². The molecular formula is C16H19O7P. The van der Waals surface area contributed by atoms with Crippen LogP contribution < -0.4 is 4.52 Å². The second kappa shape index (κ2) is 7.13. The van der Waals surface area contributed by atoms with Gasteiger partial charge in [-0.25, -0.2) is 4.57 Å². The smallest absolute Gasteiger partial charge is 0.508 e. The quantitative estimate of drug-likeness (QED) is 0.504. The number of aromatic hydroxyl groups is 3. The molecule has 7 nitrogen and oxygen atoms in total. The molecule has 5 N–H and O–H groups in total. The van der Waals surface area contributed by atoms with Crippen LogP contribution in [0.5, 0.6) is 23.0 Å². The molecule has 2 rings (SSSR count). The minimum atomic E-state index is -4.89. The monoisotopic (exact) mass is 354 g/mol. The molecule has 0 saturated carbocycles. The number of phosphoric ester groups is 1. The van der Waals surface area contributed by atoms with Crippen molar-refractivity contribution in [3.8, 4) is 23.0 Å². The maximum absolute atomic E-state index is 11.2. The van der Waals surface area contributed by atoms with Crippen LogP contribution in [0.4, 0.5) is 0 Å². The summed E-state index contributed by atoms with van der Waals surface area (Å²) in [7, 11) is -4.89. The average Bonchev–Trinajstić information content (AvgIpc) is 2.43. The third-order valence-electron chi connectivity index (χ3n) is 3.52. The molecule has 0 fully saturated rings. The van der Waals surface area contributed by atoms with E-state index in [0.29, 0.717) is 18.4 Å². The SMILES string of the molecule is CCCC(c1cccc(O)c1)c1c(O)cc(O)cc1OP(=O)(O)O. The van der Waals surface area contributed by atoms with E-state index in [2.05, 4.69) is 4.52 Å². The van der Waals surface area contributed by atoms with Crippen molar-refractivity contribution >= 4 is 7.82 Å². The highest BCUT2D eigenvalue weighted by Crippen LogP contribution is 2.48. The van der Waals surface area contributed by atoms with Gasteiger partial charge in [-0.1, -0.05) is 25.5 Å². The zero-order valence-electron chi connectivity index (χ0n) is 13.0. The predicted octanol–water partition coefficient (Wildman–Crippen LogP) is 3.21. The van der Waals surface area contributed by atoms with Crippen LogP contribution in [0.1, 0.15) is 36.8 Å². The Bertz CT molecular complexity index is 769. The molecule has 0 aliphatic heterocycles. The summed E-state index contributed by atoms with van der Waals surface area (Å²) in [6, 6.07) is 8.49. The molecule has 1 atom stereocenters. The summed E-state index contributed by atoms with van der Waals surface area (Å²) in [5.41, 5.74) is 0.789. The lowest BCUT2D eigenvalue weighted by atomic mass is 9.86. The highest BCUT2D eigenvalue weighted by atomic mass is 31.2. The number of phenolic OH excluding ortho intramolecular Hbond substituents is 3. The standard InChI is InChI=1S/C16H19O7P/c1-2-4-13(10-5-3-6-11(17)7-10)16-14(19)8-12(18)9-15(16)23-24(20,21)22/h3,5-9,13,17-19H,2,4H2,1H3,(H2,20,21,22). The van der Waals surface area contributed by atoms with Crippen molar-refractivity contribution in [2.45, 2.75) is 25.7 Å². The van der Waals surface area contributed by atoms with E-state index >= 15 is 0 Å². The Morgan fingerprint density at radius 1 is 1.08 bits per heavy atom. The van der Waals surface area contributed by atoms with E-state index in [-0.39, 0.29) is 28.6 Å². The van der Waals surface area contributed by atoms with E-state index in [9.17, 15) is 19.9 Å². The summed E-state index contributed by atoms with van der Waals surface area (Å²) in [6.45, 7) is 1.91. The number of hydrogen-bond donors (Lipinski definition) is 5. The van der Waals surface area contributed by atoms with E-state index in [0.717, 1.165) is 12.1 Å². The first-order valence-electron chi connectivity index (χ1n) is 7.31. The van der Waals surface area contributed by atoms with E-state index in [4.69, 9.17) is 9.79 Å². The van der Waals surface area contributed by atoms with E-state index in [1.165, 1.54) is 12.1 Å². The number of hydrogen-bond acceptors (Lipinski definition) is 5. The summed E-state index contributed by atoms with van der Waals surface area (Å²) in [5, 5.41) is 29.5. The van der Waals surface area contributed by atoms with Gasteiger partial charge in [-0.2, -0.15) is 0 Å². The van der Waals surface area contributed by atoms with Gasteiger partial charge >= 0.3 is 7.82 Å². The fraction of sp³-hybridized carbons (Fsp3) is 0.250. The van der Waals surface area contributed by atoms with Crippen molar-refractivity contribution in [3.05, 3.63) is 47.5 Å². The van der Waals surface area contributed by atoms with Gasteiger partial charge in [-0.05, 0) is 24.1 Å². The van der Waals surface area contributed by atoms with Gasteiger partial charge in [-0.15, -0.1) is 0 Å². The first-order chi connectivity index (χ1) is 11.2. The molecule has 0 aliphatic carbocycles. The van der Waals surface area contributed by atoms with Gasteiger partial charge in [0.05, 0.1) is 0 Å². The molecule has 0 aliphatic rings. The first-order valence-corrected chi connectivity index (χ1v) is 8.84. The maximum atomic E-state index is 11.2. The lowest BCUT2D eigenvalue weighted by Crippen LogP contribution is -2.05. The van der Waals surface area contributed by atoms with Crippen molar-refractivity contribution in [2.75, 3.05) is 0 Å². The molecular weight excluding hydrogens is 335 g/mol. The number of rotatable bonds is 6. The predicted molar refractivity (Wildman–Crippen MR) is 87.3 cm³/mol. The summed E-state index contributed by atoms with van der Waals surface area (Å²) in [5.74, 6) is -1.48. The van der Waals surface area contributed by atoms with Gasteiger partial charge in [0, 0.05) is 23.6 Å². The van der Waals surface area contributed by atoms with Crippen LogP contribution in [0.2, 0.25) is 0 Å². The highest BCUT2D eigenvalue weighted by molar-refractivity contribution is 7.46. The Labute approximate surface area is 139 Å².